The predicted molar refractivity (Wildman–Crippen MR) is 51.6 cm³/mol. The molecule has 1 aromatic heterocycles. The van der Waals surface area contributed by atoms with Gasteiger partial charge in [-0.15, -0.1) is 0 Å². The summed E-state index contributed by atoms with van der Waals surface area (Å²) < 4.78 is 0. The standard InChI is InChI=1S/C10H12N2/c1-3-5-6-9(4-2)10-11-7-8-12-10/h3-8H,2H2,1H3,(H,11,12)/b5-3-,9-6+. The Bertz CT molecular complexity index is 292. The highest BCUT2D eigenvalue weighted by atomic mass is 14.9. The number of nitrogens with zero attached hydrogens (tertiary/aromatic N) is 1. The first kappa shape index (κ1) is 8.53. The molecule has 0 spiro atoms. The van der Waals surface area contributed by atoms with Crippen molar-refractivity contribution in [3.63, 3.8) is 0 Å². The number of aromatic nitrogens is 2. The van der Waals surface area contributed by atoms with E-state index < -0.39 is 0 Å². The van der Waals surface area contributed by atoms with Gasteiger partial charge in [0.25, 0.3) is 0 Å². The Kier molecular flexibility index (Phi) is 3.08. The van der Waals surface area contributed by atoms with Crippen LogP contribution in [-0.4, -0.2) is 9.97 Å². The van der Waals surface area contributed by atoms with Crippen LogP contribution < -0.4 is 0 Å². The lowest BCUT2D eigenvalue weighted by Gasteiger charge is -1.93. The largest absolute Gasteiger partial charge is 0.345 e. The fourth-order valence-corrected chi connectivity index (χ4v) is 0.867. The van der Waals surface area contributed by atoms with Crippen molar-refractivity contribution in [2.24, 2.45) is 0 Å². The summed E-state index contributed by atoms with van der Waals surface area (Å²) in [6.07, 6.45) is 11.2. The summed E-state index contributed by atoms with van der Waals surface area (Å²) >= 11 is 0. The number of aromatic amines is 1. The van der Waals surface area contributed by atoms with Crippen molar-refractivity contribution in [3.8, 4) is 0 Å². The summed E-state index contributed by atoms with van der Waals surface area (Å²) in [6.45, 7) is 5.68. The van der Waals surface area contributed by atoms with E-state index in [1.54, 1.807) is 18.5 Å². The number of hydrogen-bond donors (Lipinski definition) is 1. The Morgan fingerprint density at radius 3 is 3.00 bits per heavy atom. The predicted octanol–water partition coefficient (Wildman–Crippen LogP) is 2.56. The molecule has 0 fully saturated rings. The van der Waals surface area contributed by atoms with E-state index in [9.17, 15) is 0 Å². The summed E-state index contributed by atoms with van der Waals surface area (Å²) in [7, 11) is 0. The van der Waals surface area contributed by atoms with Crippen molar-refractivity contribution in [1.29, 1.82) is 0 Å². The summed E-state index contributed by atoms with van der Waals surface area (Å²) in [5.41, 5.74) is 0.998. The first-order chi connectivity index (χ1) is 5.88. The third-order valence-electron chi connectivity index (χ3n) is 1.46. The van der Waals surface area contributed by atoms with Crippen molar-refractivity contribution in [1.82, 2.24) is 9.97 Å². The van der Waals surface area contributed by atoms with E-state index in [1.165, 1.54) is 0 Å². The van der Waals surface area contributed by atoms with Gasteiger partial charge in [-0.25, -0.2) is 4.98 Å². The minimum Gasteiger partial charge on any atom is -0.345 e. The monoisotopic (exact) mass is 160 g/mol. The second-order valence-corrected chi connectivity index (χ2v) is 2.29. The van der Waals surface area contributed by atoms with Crippen LogP contribution in [0.5, 0.6) is 0 Å². The van der Waals surface area contributed by atoms with Crippen LogP contribution in [0.3, 0.4) is 0 Å². The Morgan fingerprint density at radius 2 is 2.50 bits per heavy atom. The van der Waals surface area contributed by atoms with Crippen LogP contribution in [0.4, 0.5) is 0 Å². The average molecular weight is 160 g/mol. The molecule has 2 nitrogen and oxygen atoms in total. The third-order valence-corrected chi connectivity index (χ3v) is 1.46. The van der Waals surface area contributed by atoms with Gasteiger partial charge in [-0.3, -0.25) is 0 Å². The number of H-pyrrole nitrogens is 1. The van der Waals surface area contributed by atoms with E-state index in [4.69, 9.17) is 0 Å². The highest BCUT2D eigenvalue weighted by Crippen LogP contribution is 2.09. The van der Waals surface area contributed by atoms with E-state index in [0.29, 0.717) is 0 Å². The van der Waals surface area contributed by atoms with Crippen LogP contribution >= 0.6 is 0 Å². The van der Waals surface area contributed by atoms with Crippen LogP contribution in [0, 0.1) is 0 Å². The molecule has 0 aliphatic carbocycles. The van der Waals surface area contributed by atoms with Gasteiger partial charge in [0.2, 0.25) is 0 Å². The molecule has 0 aliphatic rings. The zero-order chi connectivity index (χ0) is 8.81. The van der Waals surface area contributed by atoms with Gasteiger partial charge in [0, 0.05) is 18.0 Å². The topological polar surface area (TPSA) is 28.7 Å². The molecule has 0 unspecified atom stereocenters. The first-order valence-electron chi connectivity index (χ1n) is 3.83. The van der Waals surface area contributed by atoms with Gasteiger partial charge >= 0.3 is 0 Å². The zero-order valence-corrected chi connectivity index (χ0v) is 7.12. The van der Waals surface area contributed by atoms with E-state index >= 15 is 0 Å². The molecule has 0 atom stereocenters. The van der Waals surface area contributed by atoms with E-state index in [1.807, 2.05) is 25.2 Å². The van der Waals surface area contributed by atoms with Gasteiger partial charge in [-0.1, -0.05) is 30.9 Å². The van der Waals surface area contributed by atoms with Gasteiger partial charge < -0.3 is 4.98 Å². The molecule has 1 aromatic rings. The molecular formula is C10H12N2. The fourth-order valence-electron chi connectivity index (χ4n) is 0.867. The molecule has 1 N–H and O–H groups in total. The Hall–Kier alpha value is -1.57. The SMILES string of the molecule is C=C/C(=C\C=C/C)c1ncc[nH]1. The quantitative estimate of drug-likeness (QED) is 0.676. The van der Waals surface area contributed by atoms with Crippen molar-refractivity contribution in [2.45, 2.75) is 6.92 Å². The lowest BCUT2D eigenvalue weighted by Crippen LogP contribution is -1.81. The van der Waals surface area contributed by atoms with Crippen molar-refractivity contribution < 1.29 is 0 Å². The molecule has 0 aliphatic heterocycles. The summed E-state index contributed by atoms with van der Waals surface area (Å²) in [5, 5.41) is 0. The van der Waals surface area contributed by atoms with Gasteiger partial charge in [0.15, 0.2) is 0 Å². The summed E-state index contributed by atoms with van der Waals surface area (Å²) in [5.74, 6) is 0.850. The number of nitrogens with one attached hydrogen (secondary N) is 1. The lowest BCUT2D eigenvalue weighted by atomic mass is 10.2. The smallest absolute Gasteiger partial charge is 0.137 e. The molecule has 0 aromatic carbocycles. The molecule has 62 valence electrons. The fraction of sp³-hybridized carbons (Fsp3) is 0.100. The Morgan fingerprint density at radius 1 is 1.67 bits per heavy atom. The molecule has 0 amide bonds. The Labute approximate surface area is 72.3 Å². The Balaban J connectivity index is 2.90. The third kappa shape index (κ3) is 1.95. The van der Waals surface area contributed by atoms with Crippen LogP contribution in [0.15, 0.2) is 43.3 Å². The maximum absolute atomic E-state index is 4.11. The molecule has 0 saturated carbocycles. The van der Waals surface area contributed by atoms with E-state index in [2.05, 4.69) is 16.5 Å². The number of allylic oxidation sites excluding steroid dienone is 5. The average Bonchev–Trinajstić information content (AvgIpc) is 2.59. The maximum atomic E-state index is 4.11. The van der Waals surface area contributed by atoms with Crippen molar-refractivity contribution in [2.75, 3.05) is 0 Å². The zero-order valence-electron chi connectivity index (χ0n) is 7.12. The van der Waals surface area contributed by atoms with Gasteiger partial charge in [0.1, 0.15) is 5.82 Å². The van der Waals surface area contributed by atoms with Gasteiger partial charge in [0.05, 0.1) is 0 Å². The molecule has 2 heteroatoms. The lowest BCUT2D eigenvalue weighted by molar-refractivity contribution is 1.25. The molecule has 0 radical (unpaired) electrons. The minimum atomic E-state index is 0.850. The number of imidazole rings is 1. The summed E-state index contributed by atoms with van der Waals surface area (Å²) in [4.78, 5) is 7.12. The second-order valence-electron chi connectivity index (χ2n) is 2.29. The number of rotatable bonds is 3. The van der Waals surface area contributed by atoms with Gasteiger partial charge in [-0.2, -0.15) is 0 Å². The van der Waals surface area contributed by atoms with E-state index in [0.717, 1.165) is 11.4 Å². The number of hydrogen-bond acceptors (Lipinski definition) is 1. The van der Waals surface area contributed by atoms with Crippen molar-refractivity contribution >= 4 is 5.57 Å². The molecule has 1 rings (SSSR count). The second kappa shape index (κ2) is 4.34. The highest BCUT2D eigenvalue weighted by molar-refractivity contribution is 5.70. The molecule has 0 bridgehead atoms. The van der Waals surface area contributed by atoms with E-state index in [-0.39, 0.29) is 0 Å². The molecule has 1 heterocycles. The maximum Gasteiger partial charge on any atom is 0.137 e. The van der Waals surface area contributed by atoms with Crippen LogP contribution in [0.2, 0.25) is 0 Å². The first-order valence-corrected chi connectivity index (χ1v) is 3.83. The summed E-state index contributed by atoms with van der Waals surface area (Å²) in [6, 6.07) is 0. The molecular weight excluding hydrogens is 148 g/mol. The van der Waals surface area contributed by atoms with Crippen molar-refractivity contribution in [3.05, 3.63) is 49.1 Å². The normalized spacial score (nSPS) is 12.2. The molecule has 0 saturated heterocycles. The van der Waals surface area contributed by atoms with Crippen LogP contribution in [0.1, 0.15) is 12.7 Å². The molecule has 12 heavy (non-hydrogen) atoms. The van der Waals surface area contributed by atoms with Gasteiger partial charge in [-0.05, 0) is 6.92 Å². The van der Waals surface area contributed by atoms with Crippen LogP contribution in [-0.2, 0) is 0 Å². The highest BCUT2D eigenvalue weighted by Gasteiger charge is 1.95. The minimum absolute atomic E-state index is 0.850. The van der Waals surface area contributed by atoms with Crippen LogP contribution in [0.25, 0.3) is 5.57 Å².